The number of nitrogens with zero attached hydrogens (tertiary/aromatic N) is 2. The molecule has 1 aliphatic rings. The summed E-state index contributed by atoms with van der Waals surface area (Å²) in [5.74, 6) is 2.92. The molecule has 1 saturated carbocycles. The Hall–Kier alpha value is -2.04. The number of nitrogens with one attached hydrogen (secondary N) is 1. The van der Waals surface area contributed by atoms with E-state index >= 15 is 0 Å². The van der Waals surface area contributed by atoms with Gasteiger partial charge in [0.1, 0.15) is 11.6 Å². The third-order valence-corrected chi connectivity index (χ3v) is 2.97. The average Bonchev–Trinajstić information content (AvgIpc) is 3.09. The summed E-state index contributed by atoms with van der Waals surface area (Å²) in [5.41, 5.74) is 7.40. The lowest BCUT2D eigenvalue weighted by Gasteiger charge is -2.04. The molecule has 2 aromatic rings. The number of aromatic amines is 1. The van der Waals surface area contributed by atoms with Crippen molar-refractivity contribution in [2.45, 2.75) is 18.8 Å². The topological polar surface area (TPSA) is 76.8 Å². The van der Waals surface area contributed by atoms with Gasteiger partial charge in [0.2, 0.25) is 0 Å². The van der Waals surface area contributed by atoms with Crippen LogP contribution in [0.3, 0.4) is 0 Å². The Morgan fingerprint density at radius 2 is 2.24 bits per heavy atom. The zero-order valence-corrected chi connectivity index (χ0v) is 9.60. The Morgan fingerprint density at radius 3 is 2.94 bits per heavy atom. The highest BCUT2D eigenvalue weighted by Gasteiger charge is 2.27. The number of nitrogen functional groups attached to an aromatic ring is 1. The number of methoxy groups -OCH3 is 1. The van der Waals surface area contributed by atoms with Crippen LogP contribution in [0.5, 0.6) is 5.75 Å². The van der Waals surface area contributed by atoms with Crippen LogP contribution in [0.2, 0.25) is 0 Å². The van der Waals surface area contributed by atoms with E-state index in [0.29, 0.717) is 17.4 Å². The predicted octanol–water partition coefficient (Wildman–Crippen LogP) is 1.94. The Labute approximate surface area is 99.0 Å². The molecule has 0 bridgehead atoms. The summed E-state index contributed by atoms with van der Waals surface area (Å²) in [6, 6.07) is 5.49. The summed E-state index contributed by atoms with van der Waals surface area (Å²) in [5, 5.41) is 7.19. The highest BCUT2D eigenvalue weighted by molar-refractivity contribution is 5.72. The molecular weight excluding hydrogens is 216 g/mol. The van der Waals surface area contributed by atoms with Gasteiger partial charge >= 0.3 is 0 Å². The molecule has 1 aromatic carbocycles. The minimum absolute atomic E-state index is 0.558. The quantitative estimate of drug-likeness (QED) is 0.790. The first kappa shape index (κ1) is 10.1. The molecule has 5 heteroatoms. The molecule has 0 atom stereocenters. The van der Waals surface area contributed by atoms with Crippen molar-refractivity contribution in [2.75, 3.05) is 12.8 Å². The second-order valence-corrected chi connectivity index (χ2v) is 4.27. The molecule has 3 N–H and O–H groups in total. The maximum atomic E-state index is 5.93. The normalized spacial score (nSPS) is 14.9. The molecular formula is C12H14N4O. The van der Waals surface area contributed by atoms with Crippen molar-refractivity contribution in [3.63, 3.8) is 0 Å². The van der Waals surface area contributed by atoms with Crippen LogP contribution in [-0.2, 0) is 0 Å². The van der Waals surface area contributed by atoms with Crippen LogP contribution in [0.1, 0.15) is 24.6 Å². The molecule has 17 heavy (non-hydrogen) atoms. The van der Waals surface area contributed by atoms with E-state index < -0.39 is 0 Å². The lowest BCUT2D eigenvalue weighted by Crippen LogP contribution is -1.93. The number of anilines is 1. The number of nitrogens with two attached hydrogens (primary N) is 1. The van der Waals surface area contributed by atoms with Crippen molar-refractivity contribution >= 4 is 5.69 Å². The number of H-pyrrole nitrogens is 1. The van der Waals surface area contributed by atoms with Crippen molar-refractivity contribution in [3.8, 4) is 17.1 Å². The van der Waals surface area contributed by atoms with Gasteiger partial charge in [0.05, 0.1) is 7.11 Å². The molecule has 1 aliphatic carbocycles. The molecule has 0 spiro atoms. The highest BCUT2D eigenvalue weighted by atomic mass is 16.5. The van der Waals surface area contributed by atoms with Crippen LogP contribution in [0.25, 0.3) is 11.4 Å². The van der Waals surface area contributed by atoms with Gasteiger partial charge in [-0.15, -0.1) is 0 Å². The molecule has 0 saturated heterocycles. The van der Waals surface area contributed by atoms with Crippen LogP contribution in [-0.4, -0.2) is 22.3 Å². The van der Waals surface area contributed by atoms with Crippen molar-refractivity contribution in [2.24, 2.45) is 0 Å². The Balaban J connectivity index is 2.00. The fourth-order valence-corrected chi connectivity index (χ4v) is 1.79. The number of benzene rings is 1. The third-order valence-electron chi connectivity index (χ3n) is 2.97. The molecule has 0 aliphatic heterocycles. The molecule has 1 fully saturated rings. The maximum absolute atomic E-state index is 5.93. The Kier molecular flexibility index (Phi) is 2.24. The molecule has 1 heterocycles. The van der Waals surface area contributed by atoms with Crippen LogP contribution in [0.15, 0.2) is 18.2 Å². The highest BCUT2D eigenvalue weighted by Crippen LogP contribution is 2.38. The third kappa shape index (κ3) is 1.84. The second kappa shape index (κ2) is 3.76. The fourth-order valence-electron chi connectivity index (χ4n) is 1.79. The van der Waals surface area contributed by atoms with E-state index in [9.17, 15) is 0 Å². The number of rotatable bonds is 3. The number of hydrogen-bond donors (Lipinski definition) is 2. The van der Waals surface area contributed by atoms with Crippen molar-refractivity contribution in [1.29, 1.82) is 0 Å². The minimum atomic E-state index is 0.558. The van der Waals surface area contributed by atoms with Crippen LogP contribution in [0.4, 0.5) is 5.69 Å². The van der Waals surface area contributed by atoms with Crippen LogP contribution < -0.4 is 10.5 Å². The number of hydrogen-bond acceptors (Lipinski definition) is 4. The Bertz CT molecular complexity index is 545. The van der Waals surface area contributed by atoms with E-state index in [2.05, 4.69) is 15.2 Å². The standard InChI is InChI=1S/C12H14N4O/c1-17-8-4-5-10(13)9(6-8)12-14-11(15-16-12)7-2-3-7/h4-7H,2-3,13H2,1H3,(H,14,15,16). The van der Waals surface area contributed by atoms with E-state index in [1.165, 1.54) is 12.8 Å². The summed E-state index contributed by atoms with van der Waals surface area (Å²) in [7, 11) is 1.63. The van der Waals surface area contributed by atoms with Crippen molar-refractivity contribution < 1.29 is 4.74 Å². The first-order valence-corrected chi connectivity index (χ1v) is 5.64. The van der Waals surface area contributed by atoms with Gasteiger partial charge in [-0.05, 0) is 31.0 Å². The van der Waals surface area contributed by atoms with Gasteiger partial charge in [-0.25, -0.2) is 4.98 Å². The molecule has 0 amide bonds. The molecule has 1 aromatic heterocycles. The zero-order chi connectivity index (χ0) is 11.8. The average molecular weight is 230 g/mol. The van der Waals surface area contributed by atoms with E-state index in [1.54, 1.807) is 13.2 Å². The maximum Gasteiger partial charge on any atom is 0.183 e. The van der Waals surface area contributed by atoms with E-state index in [0.717, 1.165) is 17.1 Å². The number of ether oxygens (including phenoxy) is 1. The van der Waals surface area contributed by atoms with Crippen molar-refractivity contribution in [1.82, 2.24) is 15.2 Å². The van der Waals surface area contributed by atoms with Gasteiger partial charge in [-0.1, -0.05) is 0 Å². The molecule has 5 nitrogen and oxygen atoms in total. The van der Waals surface area contributed by atoms with Gasteiger partial charge in [0.15, 0.2) is 5.82 Å². The SMILES string of the molecule is COc1ccc(N)c(-c2n[nH]c(C3CC3)n2)c1. The minimum Gasteiger partial charge on any atom is -0.497 e. The van der Waals surface area contributed by atoms with Crippen LogP contribution >= 0.6 is 0 Å². The Morgan fingerprint density at radius 1 is 1.41 bits per heavy atom. The summed E-state index contributed by atoms with van der Waals surface area (Å²) in [6.07, 6.45) is 2.39. The smallest absolute Gasteiger partial charge is 0.183 e. The van der Waals surface area contributed by atoms with E-state index in [4.69, 9.17) is 10.5 Å². The lowest BCUT2D eigenvalue weighted by molar-refractivity contribution is 0.415. The monoisotopic (exact) mass is 230 g/mol. The van der Waals surface area contributed by atoms with E-state index in [-0.39, 0.29) is 0 Å². The summed E-state index contributed by atoms with van der Waals surface area (Å²) in [6.45, 7) is 0. The summed E-state index contributed by atoms with van der Waals surface area (Å²) < 4.78 is 5.18. The molecule has 3 rings (SSSR count). The van der Waals surface area contributed by atoms with Gasteiger partial charge in [-0.2, -0.15) is 5.10 Å². The van der Waals surface area contributed by atoms with Gasteiger partial charge in [0.25, 0.3) is 0 Å². The second-order valence-electron chi connectivity index (χ2n) is 4.27. The zero-order valence-electron chi connectivity index (χ0n) is 9.60. The largest absolute Gasteiger partial charge is 0.497 e. The molecule has 88 valence electrons. The van der Waals surface area contributed by atoms with Gasteiger partial charge < -0.3 is 10.5 Å². The first-order valence-electron chi connectivity index (χ1n) is 5.64. The fraction of sp³-hybridized carbons (Fsp3) is 0.333. The predicted molar refractivity (Wildman–Crippen MR) is 64.8 cm³/mol. The summed E-state index contributed by atoms with van der Waals surface area (Å²) >= 11 is 0. The lowest BCUT2D eigenvalue weighted by atomic mass is 10.1. The molecule has 0 unspecified atom stereocenters. The molecule has 0 radical (unpaired) electrons. The first-order chi connectivity index (χ1) is 8.28. The van der Waals surface area contributed by atoms with E-state index in [1.807, 2.05) is 12.1 Å². The summed E-state index contributed by atoms with van der Waals surface area (Å²) in [4.78, 5) is 4.48. The van der Waals surface area contributed by atoms with Crippen LogP contribution in [0, 0.1) is 0 Å². The number of aromatic nitrogens is 3. The van der Waals surface area contributed by atoms with Gasteiger partial charge in [-0.3, -0.25) is 5.10 Å². The van der Waals surface area contributed by atoms with Crippen molar-refractivity contribution in [3.05, 3.63) is 24.0 Å². The van der Waals surface area contributed by atoms with Gasteiger partial charge in [0, 0.05) is 17.2 Å².